The fourth-order valence-electron chi connectivity index (χ4n) is 6.06. The maximum Gasteiger partial charge on any atom is 0.149 e. The molecule has 0 radical (unpaired) electrons. The zero-order valence-corrected chi connectivity index (χ0v) is 34.7. The van der Waals surface area contributed by atoms with Gasteiger partial charge in [-0.2, -0.15) is 0 Å². The molecule has 5 heteroatoms. The van der Waals surface area contributed by atoms with Crippen LogP contribution in [0.5, 0.6) is 0 Å². The van der Waals surface area contributed by atoms with E-state index in [9.17, 15) is 0 Å². The lowest BCUT2D eigenvalue weighted by molar-refractivity contribution is -0.167. The molecule has 0 aromatic carbocycles. The van der Waals surface area contributed by atoms with E-state index in [-0.39, 0.29) is 12.2 Å². The van der Waals surface area contributed by atoms with Crippen molar-refractivity contribution in [3.05, 3.63) is 24.3 Å². The SMILES string of the molecule is CCCCCCC=CCCC(CCCCCCCCCBr)OCOCOC(CCC=CCCCCCC)CCCCCCCCCBr. The van der Waals surface area contributed by atoms with Crippen LogP contribution in [0.25, 0.3) is 0 Å². The van der Waals surface area contributed by atoms with Crippen LogP contribution in [0.3, 0.4) is 0 Å². The van der Waals surface area contributed by atoms with Crippen LogP contribution in [0.1, 0.15) is 206 Å². The van der Waals surface area contributed by atoms with Gasteiger partial charge in [0.25, 0.3) is 0 Å². The average Bonchev–Trinajstić information content (AvgIpc) is 3.08. The smallest absolute Gasteiger partial charge is 0.149 e. The lowest BCUT2D eigenvalue weighted by Crippen LogP contribution is -2.19. The lowest BCUT2D eigenvalue weighted by Gasteiger charge is -2.20. The van der Waals surface area contributed by atoms with Gasteiger partial charge in [-0.15, -0.1) is 0 Å². The molecule has 0 saturated carbocycles. The average molecular weight is 793 g/mol. The van der Waals surface area contributed by atoms with Gasteiger partial charge < -0.3 is 14.2 Å². The van der Waals surface area contributed by atoms with Crippen molar-refractivity contribution in [2.75, 3.05) is 24.2 Å². The van der Waals surface area contributed by atoms with Gasteiger partial charge in [0.1, 0.15) is 13.6 Å². The van der Waals surface area contributed by atoms with Crippen LogP contribution >= 0.6 is 31.9 Å². The van der Waals surface area contributed by atoms with Crippen molar-refractivity contribution in [2.24, 2.45) is 0 Å². The molecule has 0 rings (SSSR count). The maximum absolute atomic E-state index is 6.29. The Hall–Kier alpha value is 0.320. The number of rotatable bonds is 40. The summed E-state index contributed by atoms with van der Waals surface area (Å²) in [6, 6.07) is 0. The summed E-state index contributed by atoms with van der Waals surface area (Å²) in [7, 11) is 0. The van der Waals surface area contributed by atoms with Gasteiger partial charge in [-0.25, -0.2) is 0 Å². The van der Waals surface area contributed by atoms with Gasteiger partial charge in [0.2, 0.25) is 0 Å². The molecule has 2 unspecified atom stereocenters. The van der Waals surface area contributed by atoms with Crippen LogP contribution in [0.15, 0.2) is 24.3 Å². The standard InChI is InChI=1S/C42H80Br2O3/c1-3-5-7-9-11-15-21-27-33-41(35-29-23-17-13-19-25-31-37-43)46-39-45-40-47-42(34-28-22-16-12-10-8-6-4-2)36-30-24-18-14-20-26-32-38-44/h15-16,21-22,41-42H,3-14,17-20,23-40H2,1-2H3. The van der Waals surface area contributed by atoms with E-state index in [0.717, 1.165) is 49.2 Å². The molecule has 0 amide bonds. The molecule has 0 aromatic rings. The number of unbranched alkanes of at least 4 members (excludes halogenated alkanes) is 20. The molecule has 0 spiro atoms. The highest BCUT2D eigenvalue weighted by molar-refractivity contribution is 9.09. The van der Waals surface area contributed by atoms with Crippen LogP contribution in [0.2, 0.25) is 0 Å². The Labute approximate surface area is 311 Å². The Morgan fingerprint density at radius 1 is 0.383 bits per heavy atom. The number of allylic oxidation sites excluding steroid dienone is 4. The quantitative estimate of drug-likeness (QED) is 0.0268. The number of hydrogen-bond acceptors (Lipinski definition) is 3. The second kappa shape index (κ2) is 42.5. The van der Waals surface area contributed by atoms with E-state index in [4.69, 9.17) is 14.2 Å². The van der Waals surface area contributed by atoms with Crippen LogP contribution in [0, 0.1) is 0 Å². The van der Waals surface area contributed by atoms with E-state index in [1.54, 1.807) is 0 Å². The fraction of sp³-hybridized carbons (Fsp3) is 0.905. The van der Waals surface area contributed by atoms with Gasteiger partial charge in [0, 0.05) is 10.7 Å². The third kappa shape index (κ3) is 39.0. The van der Waals surface area contributed by atoms with Crippen LogP contribution in [-0.4, -0.2) is 36.5 Å². The predicted octanol–water partition coefficient (Wildman–Crippen LogP) is 15.3. The van der Waals surface area contributed by atoms with Crippen molar-refractivity contribution in [3.8, 4) is 0 Å². The van der Waals surface area contributed by atoms with Gasteiger partial charge in [0.05, 0.1) is 12.2 Å². The molecular formula is C42H80Br2O3. The molecule has 0 saturated heterocycles. The molecule has 0 fully saturated rings. The molecule has 0 aliphatic heterocycles. The Morgan fingerprint density at radius 2 is 0.723 bits per heavy atom. The van der Waals surface area contributed by atoms with Gasteiger partial charge in [-0.3, -0.25) is 0 Å². The summed E-state index contributed by atoms with van der Waals surface area (Å²) in [5, 5.41) is 2.28. The topological polar surface area (TPSA) is 27.7 Å². The molecule has 0 aliphatic carbocycles. The molecule has 47 heavy (non-hydrogen) atoms. The van der Waals surface area contributed by atoms with Crippen molar-refractivity contribution in [1.82, 2.24) is 0 Å². The Morgan fingerprint density at radius 3 is 1.11 bits per heavy atom. The third-order valence-corrected chi connectivity index (χ3v) is 10.3. The first-order valence-electron chi connectivity index (χ1n) is 20.5. The summed E-state index contributed by atoms with van der Waals surface area (Å²) in [4.78, 5) is 0. The number of halogens is 2. The first-order valence-corrected chi connectivity index (χ1v) is 22.8. The lowest BCUT2D eigenvalue weighted by atomic mass is 10.0. The number of ether oxygens (including phenoxy) is 3. The summed E-state index contributed by atoms with van der Waals surface area (Å²) in [5.41, 5.74) is 0. The van der Waals surface area contributed by atoms with Gasteiger partial charge in [-0.1, -0.05) is 186 Å². The first-order chi connectivity index (χ1) is 23.3. The summed E-state index contributed by atoms with van der Waals surface area (Å²) in [5.74, 6) is 0. The minimum Gasteiger partial charge on any atom is -0.352 e. The highest BCUT2D eigenvalue weighted by Crippen LogP contribution is 2.18. The highest BCUT2D eigenvalue weighted by Gasteiger charge is 2.11. The molecule has 0 heterocycles. The minimum absolute atomic E-state index is 0.279. The number of alkyl halides is 2. The van der Waals surface area contributed by atoms with Gasteiger partial charge in [0.15, 0.2) is 0 Å². The molecule has 280 valence electrons. The molecule has 2 atom stereocenters. The Bertz CT molecular complexity index is 575. The molecule has 3 nitrogen and oxygen atoms in total. The van der Waals surface area contributed by atoms with Crippen molar-refractivity contribution in [1.29, 1.82) is 0 Å². The van der Waals surface area contributed by atoms with Crippen molar-refractivity contribution in [3.63, 3.8) is 0 Å². The first kappa shape index (κ1) is 47.3. The maximum atomic E-state index is 6.29. The zero-order valence-electron chi connectivity index (χ0n) is 31.5. The van der Waals surface area contributed by atoms with Crippen LogP contribution in [0.4, 0.5) is 0 Å². The third-order valence-electron chi connectivity index (χ3n) is 9.19. The van der Waals surface area contributed by atoms with Crippen LogP contribution in [-0.2, 0) is 14.2 Å². The van der Waals surface area contributed by atoms with E-state index < -0.39 is 0 Å². The van der Waals surface area contributed by atoms with Crippen LogP contribution < -0.4 is 0 Å². The second-order valence-electron chi connectivity index (χ2n) is 13.7. The van der Waals surface area contributed by atoms with Crippen molar-refractivity contribution in [2.45, 2.75) is 219 Å². The van der Waals surface area contributed by atoms with Gasteiger partial charge >= 0.3 is 0 Å². The molecular weight excluding hydrogens is 712 g/mol. The van der Waals surface area contributed by atoms with Gasteiger partial charge in [-0.05, 0) is 77.0 Å². The molecule has 0 aliphatic rings. The fourth-order valence-corrected chi connectivity index (χ4v) is 6.85. The zero-order chi connectivity index (χ0) is 34.1. The van der Waals surface area contributed by atoms with E-state index in [0.29, 0.717) is 13.6 Å². The van der Waals surface area contributed by atoms with Crippen molar-refractivity contribution >= 4 is 31.9 Å². The van der Waals surface area contributed by atoms with E-state index in [1.165, 1.54) is 154 Å². The number of hydrogen-bond donors (Lipinski definition) is 0. The van der Waals surface area contributed by atoms with E-state index >= 15 is 0 Å². The summed E-state index contributed by atoms with van der Waals surface area (Å²) < 4.78 is 18.5. The largest absolute Gasteiger partial charge is 0.352 e. The summed E-state index contributed by atoms with van der Waals surface area (Å²) in [6.45, 7) is 5.25. The Balaban J connectivity index is 4.53. The summed E-state index contributed by atoms with van der Waals surface area (Å²) in [6.07, 6.45) is 48.5. The highest BCUT2D eigenvalue weighted by atomic mass is 79.9. The second-order valence-corrected chi connectivity index (χ2v) is 15.3. The monoisotopic (exact) mass is 790 g/mol. The molecule has 0 bridgehead atoms. The minimum atomic E-state index is 0.279. The predicted molar refractivity (Wildman–Crippen MR) is 216 cm³/mol. The normalized spacial score (nSPS) is 13.4. The molecule has 0 aromatic heterocycles. The van der Waals surface area contributed by atoms with E-state index in [1.807, 2.05) is 0 Å². The Kier molecular flexibility index (Phi) is 42.8. The summed E-state index contributed by atoms with van der Waals surface area (Å²) >= 11 is 7.09. The van der Waals surface area contributed by atoms with E-state index in [2.05, 4.69) is 70.0 Å². The molecule has 0 N–H and O–H groups in total. The van der Waals surface area contributed by atoms with Crippen molar-refractivity contribution < 1.29 is 14.2 Å².